The number of benzene rings is 2. The maximum atomic E-state index is 12.6. The van der Waals surface area contributed by atoms with Gasteiger partial charge in [-0.15, -0.1) is 0 Å². The summed E-state index contributed by atoms with van der Waals surface area (Å²) in [5, 5.41) is 5.58. The zero-order valence-electron chi connectivity index (χ0n) is 28.8. The number of nitrogens with two attached hydrogens (primary N) is 3. The van der Waals surface area contributed by atoms with Crippen LogP contribution in [0.15, 0.2) is 47.1 Å². The molecule has 0 spiro atoms. The lowest BCUT2D eigenvalue weighted by molar-refractivity contribution is -0.133. The average molecular weight is 690 g/mol. The topological polar surface area (TPSA) is 205 Å². The zero-order chi connectivity index (χ0) is 35.3. The van der Waals surface area contributed by atoms with E-state index in [4.69, 9.17) is 45.7 Å². The number of anilines is 2. The predicted molar refractivity (Wildman–Crippen MR) is 190 cm³/mol. The highest BCUT2D eigenvalue weighted by molar-refractivity contribution is 5.99. The molecule has 0 aliphatic carbocycles. The third-order valence-corrected chi connectivity index (χ3v) is 8.08. The number of carbonyl (C=O) groups is 1. The summed E-state index contributed by atoms with van der Waals surface area (Å²) in [4.78, 5) is 27.5. The van der Waals surface area contributed by atoms with Gasteiger partial charge in [-0.25, -0.2) is 14.6 Å². The molecule has 0 fully saturated rings. The number of nitrogen functional groups attached to an aromatic ring is 2. The van der Waals surface area contributed by atoms with Crippen molar-refractivity contribution in [1.29, 1.82) is 0 Å². The van der Waals surface area contributed by atoms with Gasteiger partial charge in [-0.3, -0.25) is 4.79 Å². The minimum Gasteiger partial charge on any atom is -0.424 e. The molecule has 4 heterocycles. The van der Waals surface area contributed by atoms with Crippen LogP contribution in [-0.4, -0.2) is 102 Å². The summed E-state index contributed by atoms with van der Waals surface area (Å²) in [6, 6.07) is 12.1. The van der Waals surface area contributed by atoms with E-state index in [0.29, 0.717) is 112 Å². The first-order valence-electron chi connectivity index (χ1n) is 16.9. The largest absolute Gasteiger partial charge is 0.424 e. The van der Waals surface area contributed by atoms with Crippen molar-refractivity contribution in [1.82, 2.24) is 29.6 Å². The Balaban J connectivity index is 0.000000383. The van der Waals surface area contributed by atoms with Crippen LogP contribution < -0.4 is 17.2 Å². The Kier molecular flexibility index (Phi) is 13.4. The van der Waals surface area contributed by atoms with E-state index in [1.165, 1.54) is 17.5 Å². The molecule has 50 heavy (non-hydrogen) atoms. The lowest BCUT2D eigenvalue weighted by Crippen LogP contribution is -2.36. The molecule has 0 unspecified atom stereocenters. The van der Waals surface area contributed by atoms with E-state index in [2.05, 4.69) is 40.1 Å². The van der Waals surface area contributed by atoms with Crippen LogP contribution in [0.25, 0.3) is 33.4 Å². The standard InChI is InChI=1S/C28H30N8O3.C7H17NO3/c1-2-10-38-11-8-23(37)35-9-7-18-12-17(3-4-20(18)15-35)14-36-27-24(26(29)31-16-32-27)25(34-36)19-5-6-22-21(13-19)33-28(30)39-22;1-9-4-5-11-7-6-10-3-2-8/h3-6,12-13,16H,2,7-11,14-15H2,1H3,(H2,30,33)(H2,29,31,32);2-8H2,1H3. The van der Waals surface area contributed by atoms with E-state index in [9.17, 15) is 4.79 Å². The molecule has 0 saturated carbocycles. The first kappa shape index (κ1) is 36.6. The Hall–Kier alpha value is -4.67. The van der Waals surface area contributed by atoms with Crippen LogP contribution in [0, 0.1) is 0 Å². The van der Waals surface area contributed by atoms with Gasteiger partial charge in [0.1, 0.15) is 23.4 Å². The van der Waals surface area contributed by atoms with Crippen molar-refractivity contribution in [2.24, 2.45) is 5.73 Å². The van der Waals surface area contributed by atoms with E-state index in [1.54, 1.807) is 7.11 Å². The van der Waals surface area contributed by atoms with Gasteiger partial charge < -0.3 is 45.5 Å². The van der Waals surface area contributed by atoms with Crippen molar-refractivity contribution in [2.45, 2.75) is 39.3 Å². The Labute approximate surface area is 291 Å². The van der Waals surface area contributed by atoms with Gasteiger partial charge in [-0.2, -0.15) is 10.1 Å². The molecule has 1 aliphatic heterocycles. The van der Waals surface area contributed by atoms with Gasteiger partial charge in [0.15, 0.2) is 11.2 Å². The Morgan fingerprint density at radius 1 is 0.940 bits per heavy atom. The average Bonchev–Trinajstić information content (AvgIpc) is 3.69. The number of nitrogens with zero attached hydrogens (tertiary/aromatic N) is 6. The Morgan fingerprint density at radius 2 is 1.74 bits per heavy atom. The van der Waals surface area contributed by atoms with Gasteiger partial charge in [0, 0.05) is 38.9 Å². The summed E-state index contributed by atoms with van der Waals surface area (Å²) in [7, 11) is 1.65. The molecule has 268 valence electrons. The van der Waals surface area contributed by atoms with Crippen molar-refractivity contribution in [3.8, 4) is 11.3 Å². The fourth-order valence-electron chi connectivity index (χ4n) is 5.64. The number of fused-ring (bicyclic) bond motifs is 3. The molecule has 6 N–H and O–H groups in total. The minimum atomic E-state index is 0.112. The molecule has 0 atom stereocenters. The van der Waals surface area contributed by atoms with Crippen molar-refractivity contribution in [3.63, 3.8) is 0 Å². The van der Waals surface area contributed by atoms with E-state index < -0.39 is 0 Å². The van der Waals surface area contributed by atoms with Gasteiger partial charge in [0.2, 0.25) is 5.91 Å². The van der Waals surface area contributed by atoms with Crippen LogP contribution in [-0.2, 0) is 43.3 Å². The van der Waals surface area contributed by atoms with E-state index >= 15 is 0 Å². The summed E-state index contributed by atoms with van der Waals surface area (Å²) < 4.78 is 27.7. The number of aromatic nitrogens is 5. The third-order valence-electron chi connectivity index (χ3n) is 8.08. The van der Waals surface area contributed by atoms with Crippen LogP contribution in [0.2, 0.25) is 0 Å². The fraction of sp³-hybridized carbons (Fsp3) is 0.457. The molecule has 1 aliphatic rings. The number of ether oxygens (including phenoxy) is 4. The highest BCUT2D eigenvalue weighted by atomic mass is 16.5. The highest BCUT2D eigenvalue weighted by Crippen LogP contribution is 2.33. The first-order valence-corrected chi connectivity index (χ1v) is 16.9. The Bertz CT molecular complexity index is 1830. The summed E-state index contributed by atoms with van der Waals surface area (Å²) in [5.41, 5.74) is 24.1. The predicted octanol–water partition coefficient (Wildman–Crippen LogP) is 3.17. The molecular formula is C35H47N9O6. The molecule has 15 heteroatoms. The Morgan fingerprint density at radius 3 is 2.54 bits per heavy atom. The van der Waals surface area contributed by atoms with Crippen molar-refractivity contribution in [2.75, 3.05) is 77.9 Å². The lowest BCUT2D eigenvalue weighted by Gasteiger charge is -2.29. The summed E-state index contributed by atoms with van der Waals surface area (Å²) in [6.45, 7) is 8.73. The van der Waals surface area contributed by atoms with Crippen LogP contribution in [0.1, 0.15) is 36.5 Å². The molecule has 1 amide bonds. The molecule has 6 rings (SSSR count). The molecular weight excluding hydrogens is 642 g/mol. The quantitative estimate of drug-likeness (QED) is 0.128. The van der Waals surface area contributed by atoms with Crippen molar-refractivity contribution < 1.29 is 28.2 Å². The van der Waals surface area contributed by atoms with Gasteiger partial charge in [0.25, 0.3) is 6.01 Å². The van der Waals surface area contributed by atoms with Crippen LogP contribution in [0.3, 0.4) is 0 Å². The van der Waals surface area contributed by atoms with Gasteiger partial charge >= 0.3 is 0 Å². The van der Waals surface area contributed by atoms with E-state index in [1.807, 2.05) is 27.8 Å². The molecule has 2 aromatic carbocycles. The fourth-order valence-corrected chi connectivity index (χ4v) is 5.64. The number of carbonyl (C=O) groups excluding carboxylic acids is 1. The number of hydrogen-bond acceptors (Lipinski definition) is 13. The summed E-state index contributed by atoms with van der Waals surface area (Å²) >= 11 is 0. The molecule has 15 nitrogen and oxygen atoms in total. The van der Waals surface area contributed by atoms with Crippen molar-refractivity contribution >= 4 is 39.9 Å². The number of rotatable bonds is 16. The second-order valence-electron chi connectivity index (χ2n) is 11.7. The summed E-state index contributed by atoms with van der Waals surface area (Å²) in [5.74, 6) is 0.497. The molecule has 5 aromatic rings. The van der Waals surface area contributed by atoms with E-state index in [-0.39, 0.29) is 11.9 Å². The normalized spacial score (nSPS) is 12.7. The van der Waals surface area contributed by atoms with Crippen molar-refractivity contribution in [3.05, 3.63) is 59.4 Å². The first-order chi connectivity index (χ1) is 24.4. The maximum Gasteiger partial charge on any atom is 0.292 e. The number of oxazole rings is 1. The SMILES string of the molecule is CCCOCCC(=O)N1CCc2cc(Cn3nc(-c4ccc5oc(N)nc5c4)c4c(N)ncnc43)ccc2C1.COCCOCCOCCN. The van der Waals surface area contributed by atoms with Crippen LogP contribution >= 0.6 is 0 Å². The maximum absolute atomic E-state index is 12.6. The summed E-state index contributed by atoms with van der Waals surface area (Å²) in [6.07, 6.45) is 3.64. The van der Waals surface area contributed by atoms with E-state index in [0.717, 1.165) is 24.0 Å². The molecule has 0 saturated heterocycles. The van der Waals surface area contributed by atoms with Gasteiger partial charge in [0.05, 0.1) is 58.0 Å². The third kappa shape index (κ3) is 9.52. The molecule has 0 bridgehead atoms. The second kappa shape index (κ2) is 18.4. The van der Waals surface area contributed by atoms with Gasteiger partial charge in [-0.05, 0) is 47.7 Å². The molecule has 0 radical (unpaired) electrons. The highest BCUT2D eigenvalue weighted by Gasteiger charge is 2.22. The van der Waals surface area contributed by atoms with Gasteiger partial charge in [-0.1, -0.05) is 25.1 Å². The number of methoxy groups -OCH3 is 1. The zero-order valence-corrected chi connectivity index (χ0v) is 28.8. The monoisotopic (exact) mass is 689 g/mol. The smallest absolute Gasteiger partial charge is 0.292 e. The number of amides is 1. The lowest BCUT2D eigenvalue weighted by atomic mass is 9.97. The van der Waals surface area contributed by atoms with Crippen LogP contribution in [0.4, 0.5) is 11.8 Å². The minimum absolute atomic E-state index is 0.112. The number of hydrogen-bond donors (Lipinski definition) is 3. The second-order valence-corrected chi connectivity index (χ2v) is 11.7. The molecule has 3 aromatic heterocycles. The van der Waals surface area contributed by atoms with Crippen LogP contribution in [0.5, 0.6) is 0 Å².